The Morgan fingerprint density at radius 2 is 2.40 bits per heavy atom. The first kappa shape index (κ1) is 9.82. The first-order chi connectivity index (χ1) is 7.20. The van der Waals surface area contributed by atoms with Gasteiger partial charge in [0.1, 0.15) is 5.82 Å². The standard InChI is InChI=1S/C9H11FN4O/c1-11-8(15)6-4-14(5-6)7-2-3-12-9(10)13-7/h2-3,6H,4-5H2,1H3,(H,11,15). The zero-order valence-electron chi connectivity index (χ0n) is 8.27. The van der Waals surface area contributed by atoms with Crippen LogP contribution in [0.15, 0.2) is 12.3 Å². The van der Waals surface area contributed by atoms with Gasteiger partial charge in [0.05, 0.1) is 5.92 Å². The third-order valence-corrected chi connectivity index (χ3v) is 2.43. The SMILES string of the molecule is CNC(=O)C1CN(c2ccnc(F)n2)C1. The van der Waals surface area contributed by atoms with E-state index >= 15 is 0 Å². The summed E-state index contributed by atoms with van der Waals surface area (Å²) in [5.74, 6) is 0.524. The second-order valence-electron chi connectivity index (χ2n) is 3.40. The summed E-state index contributed by atoms with van der Waals surface area (Å²) in [6.45, 7) is 1.16. The van der Waals surface area contributed by atoms with E-state index in [0.717, 1.165) is 0 Å². The summed E-state index contributed by atoms with van der Waals surface area (Å²) >= 11 is 0. The highest BCUT2D eigenvalue weighted by atomic mass is 19.1. The van der Waals surface area contributed by atoms with E-state index in [1.165, 1.54) is 6.20 Å². The molecule has 1 aromatic rings. The maximum atomic E-state index is 12.7. The van der Waals surface area contributed by atoms with Crippen LogP contribution in [0.3, 0.4) is 0 Å². The number of halogens is 1. The van der Waals surface area contributed by atoms with E-state index in [0.29, 0.717) is 18.9 Å². The number of amides is 1. The van der Waals surface area contributed by atoms with Gasteiger partial charge in [-0.2, -0.15) is 9.37 Å². The van der Waals surface area contributed by atoms with Gasteiger partial charge in [0.25, 0.3) is 0 Å². The van der Waals surface area contributed by atoms with Crippen LogP contribution in [0.4, 0.5) is 10.2 Å². The van der Waals surface area contributed by atoms with Crippen molar-refractivity contribution < 1.29 is 9.18 Å². The van der Waals surface area contributed by atoms with E-state index < -0.39 is 6.08 Å². The van der Waals surface area contributed by atoms with E-state index in [1.807, 2.05) is 4.90 Å². The average molecular weight is 210 g/mol. The Labute approximate surface area is 86.3 Å². The van der Waals surface area contributed by atoms with Gasteiger partial charge in [0.15, 0.2) is 0 Å². The van der Waals surface area contributed by atoms with Gasteiger partial charge in [0.2, 0.25) is 5.91 Å². The molecule has 5 nitrogen and oxygen atoms in total. The molecule has 0 unspecified atom stereocenters. The Kier molecular flexibility index (Phi) is 2.49. The predicted octanol–water partition coefficient (Wildman–Crippen LogP) is -0.202. The first-order valence-corrected chi connectivity index (χ1v) is 4.66. The molecule has 2 heterocycles. The lowest BCUT2D eigenvalue weighted by Gasteiger charge is -2.38. The topological polar surface area (TPSA) is 58.1 Å². The Morgan fingerprint density at radius 3 is 3.00 bits per heavy atom. The molecule has 1 aliphatic heterocycles. The lowest BCUT2D eigenvalue weighted by molar-refractivity contribution is -0.125. The van der Waals surface area contributed by atoms with Crippen molar-refractivity contribution in [1.29, 1.82) is 0 Å². The summed E-state index contributed by atoms with van der Waals surface area (Å²) in [7, 11) is 1.61. The summed E-state index contributed by atoms with van der Waals surface area (Å²) in [4.78, 5) is 20.0. The predicted molar refractivity (Wildman–Crippen MR) is 51.8 cm³/mol. The number of nitrogens with one attached hydrogen (secondary N) is 1. The number of aromatic nitrogens is 2. The largest absolute Gasteiger partial charge is 0.359 e. The molecule has 0 aromatic carbocycles. The number of anilines is 1. The van der Waals surface area contributed by atoms with Gasteiger partial charge < -0.3 is 10.2 Å². The number of hydrogen-bond acceptors (Lipinski definition) is 4. The third-order valence-electron chi connectivity index (χ3n) is 2.43. The van der Waals surface area contributed by atoms with Crippen molar-refractivity contribution in [2.45, 2.75) is 0 Å². The minimum absolute atomic E-state index is 0.0146. The normalized spacial score (nSPS) is 16.0. The molecular formula is C9H11FN4O. The van der Waals surface area contributed by atoms with E-state index in [2.05, 4.69) is 15.3 Å². The van der Waals surface area contributed by atoms with Gasteiger partial charge in [-0.25, -0.2) is 4.98 Å². The molecule has 1 aliphatic rings. The van der Waals surface area contributed by atoms with E-state index in [1.54, 1.807) is 13.1 Å². The maximum absolute atomic E-state index is 12.7. The first-order valence-electron chi connectivity index (χ1n) is 4.66. The number of carbonyl (C=O) groups excluding carboxylic acids is 1. The van der Waals surface area contributed by atoms with Gasteiger partial charge in [-0.05, 0) is 6.07 Å². The molecule has 1 saturated heterocycles. The van der Waals surface area contributed by atoms with Crippen molar-refractivity contribution in [2.75, 3.05) is 25.0 Å². The molecule has 0 radical (unpaired) electrons. The molecule has 1 amide bonds. The highest BCUT2D eigenvalue weighted by Crippen LogP contribution is 2.22. The van der Waals surface area contributed by atoms with E-state index in [-0.39, 0.29) is 11.8 Å². The molecule has 1 N–H and O–H groups in total. The van der Waals surface area contributed by atoms with Crippen LogP contribution < -0.4 is 10.2 Å². The van der Waals surface area contributed by atoms with Crippen molar-refractivity contribution in [1.82, 2.24) is 15.3 Å². The maximum Gasteiger partial charge on any atom is 0.310 e. The van der Waals surface area contributed by atoms with Gasteiger partial charge in [-0.3, -0.25) is 4.79 Å². The fraction of sp³-hybridized carbons (Fsp3) is 0.444. The van der Waals surface area contributed by atoms with Gasteiger partial charge >= 0.3 is 6.08 Å². The second-order valence-corrected chi connectivity index (χ2v) is 3.40. The Bertz CT molecular complexity index is 378. The van der Waals surface area contributed by atoms with Crippen LogP contribution in [0, 0.1) is 12.0 Å². The molecule has 2 rings (SSSR count). The Hall–Kier alpha value is -1.72. The van der Waals surface area contributed by atoms with E-state index in [4.69, 9.17) is 0 Å². The average Bonchev–Trinajstić information content (AvgIpc) is 2.15. The Balaban J connectivity index is 1.97. The van der Waals surface area contributed by atoms with Crippen LogP contribution in [-0.4, -0.2) is 36.0 Å². The molecule has 0 atom stereocenters. The van der Waals surface area contributed by atoms with Crippen molar-refractivity contribution in [3.63, 3.8) is 0 Å². The highest BCUT2D eigenvalue weighted by Gasteiger charge is 2.32. The molecule has 0 aliphatic carbocycles. The van der Waals surface area contributed by atoms with Crippen LogP contribution in [0.5, 0.6) is 0 Å². The van der Waals surface area contributed by atoms with Crippen molar-refractivity contribution in [3.05, 3.63) is 18.3 Å². The minimum atomic E-state index is -0.740. The summed E-state index contributed by atoms with van der Waals surface area (Å²) in [6, 6.07) is 1.63. The molecular weight excluding hydrogens is 199 g/mol. The molecule has 0 saturated carbocycles. The minimum Gasteiger partial charge on any atom is -0.359 e. The molecule has 15 heavy (non-hydrogen) atoms. The van der Waals surface area contributed by atoms with Crippen molar-refractivity contribution in [2.24, 2.45) is 5.92 Å². The van der Waals surface area contributed by atoms with Crippen molar-refractivity contribution in [3.8, 4) is 0 Å². The fourth-order valence-corrected chi connectivity index (χ4v) is 1.54. The Morgan fingerprint density at radius 1 is 1.67 bits per heavy atom. The molecule has 80 valence electrons. The third kappa shape index (κ3) is 1.88. The van der Waals surface area contributed by atoms with Crippen LogP contribution in [0.1, 0.15) is 0 Å². The lowest BCUT2D eigenvalue weighted by atomic mass is 9.99. The lowest BCUT2D eigenvalue weighted by Crippen LogP contribution is -2.53. The van der Waals surface area contributed by atoms with E-state index in [9.17, 15) is 9.18 Å². The van der Waals surface area contributed by atoms with Crippen LogP contribution in [0.2, 0.25) is 0 Å². The van der Waals surface area contributed by atoms with Crippen LogP contribution >= 0.6 is 0 Å². The molecule has 0 bridgehead atoms. The smallest absolute Gasteiger partial charge is 0.310 e. The summed E-state index contributed by atoms with van der Waals surface area (Å²) in [5.41, 5.74) is 0. The number of hydrogen-bond donors (Lipinski definition) is 1. The molecule has 1 fully saturated rings. The summed E-state index contributed by atoms with van der Waals surface area (Å²) < 4.78 is 12.7. The highest BCUT2D eigenvalue weighted by molar-refractivity contribution is 5.81. The number of nitrogens with zero attached hydrogens (tertiary/aromatic N) is 3. The fourth-order valence-electron chi connectivity index (χ4n) is 1.54. The van der Waals surface area contributed by atoms with Gasteiger partial charge in [0, 0.05) is 26.3 Å². The zero-order chi connectivity index (χ0) is 10.8. The molecule has 6 heteroatoms. The zero-order valence-corrected chi connectivity index (χ0v) is 8.27. The number of carbonyl (C=O) groups is 1. The number of rotatable bonds is 2. The van der Waals surface area contributed by atoms with Crippen LogP contribution in [-0.2, 0) is 4.79 Å². The monoisotopic (exact) mass is 210 g/mol. The van der Waals surface area contributed by atoms with Crippen molar-refractivity contribution >= 4 is 11.7 Å². The quantitative estimate of drug-likeness (QED) is 0.687. The molecule has 1 aromatic heterocycles. The van der Waals surface area contributed by atoms with Gasteiger partial charge in [-0.15, -0.1) is 0 Å². The second kappa shape index (κ2) is 3.80. The van der Waals surface area contributed by atoms with Gasteiger partial charge in [-0.1, -0.05) is 0 Å². The summed E-state index contributed by atoms with van der Waals surface area (Å²) in [6.07, 6.45) is 0.626. The molecule has 0 spiro atoms. The summed E-state index contributed by atoms with van der Waals surface area (Å²) in [5, 5.41) is 2.58. The van der Waals surface area contributed by atoms with Crippen LogP contribution in [0.25, 0.3) is 0 Å².